The van der Waals surface area contributed by atoms with Gasteiger partial charge in [0.1, 0.15) is 0 Å². The average Bonchev–Trinajstić information content (AvgIpc) is 2.77. The van der Waals surface area contributed by atoms with E-state index in [4.69, 9.17) is 4.52 Å². The van der Waals surface area contributed by atoms with Gasteiger partial charge >= 0.3 is 0 Å². The molecule has 0 fully saturated rings. The number of anilines is 1. The molecule has 0 amide bonds. The average molecular weight is 203 g/mol. The zero-order valence-corrected chi connectivity index (χ0v) is 8.82. The largest absolute Gasteiger partial charge is 0.387 e. The topological polar surface area (TPSA) is 51.0 Å². The fourth-order valence-electron chi connectivity index (χ4n) is 1.39. The lowest BCUT2D eigenvalue weighted by atomic mass is 10.2. The molecule has 78 valence electrons. The Morgan fingerprint density at radius 2 is 2.13 bits per heavy atom. The maximum Gasteiger partial charge on any atom is 0.260 e. The molecule has 0 aliphatic heterocycles. The Labute approximate surface area is 88.3 Å². The zero-order valence-electron chi connectivity index (χ0n) is 8.82. The van der Waals surface area contributed by atoms with Gasteiger partial charge in [0.2, 0.25) is 0 Å². The lowest BCUT2D eigenvalue weighted by molar-refractivity contribution is 0.423. The van der Waals surface area contributed by atoms with Crippen molar-refractivity contribution >= 4 is 5.69 Å². The van der Waals surface area contributed by atoms with Gasteiger partial charge in [-0.2, -0.15) is 4.98 Å². The summed E-state index contributed by atoms with van der Waals surface area (Å²) in [6, 6.07) is 7.85. The molecule has 0 aliphatic carbocycles. The van der Waals surface area contributed by atoms with Crippen LogP contribution in [0, 0.1) is 0 Å². The SMILES string of the molecule is CCc1noc(-c2ccccc2NC)n1. The first-order valence-electron chi connectivity index (χ1n) is 4.95. The molecule has 0 saturated carbocycles. The second kappa shape index (κ2) is 4.13. The van der Waals surface area contributed by atoms with Crippen LogP contribution in [0.15, 0.2) is 28.8 Å². The molecule has 2 aromatic rings. The molecule has 15 heavy (non-hydrogen) atoms. The summed E-state index contributed by atoms with van der Waals surface area (Å²) < 4.78 is 5.18. The minimum Gasteiger partial charge on any atom is -0.387 e. The van der Waals surface area contributed by atoms with Crippen LogP contribution >= 0.6 is 0 Å². The van der Waals surface area contributed by atoms with Gasteiger partial charge in [-0.3, -0.25) is 0 Å². The van der Waals surface area contributed by atoms with Crippen molar-refractivity contribution in [3.63, 3.8) is 0 Å². The monoisotopic (exact) mass is 203 g/mol. The molecule has 1 N–H and O–H groups in total. The third-order valence-corrected chi connectivity index (χ3v) is 2.21. The summed E-state index contributed by atoms with van der Waals surface area (Å²) in [5.74, 6) is 1.30. The molecule has 0 atom stereocenters. The molecule has 2 rings (SSSR count). The minimum atomic E-state index is 0.566. The molecule has 4 nitrogen and oxygen atoms in total. The summed E-state index contributed by atoms with van der Waals surface area (Å²) in [7, 11) is 1.87. The summed E-state index contributed by atoms with van der Waals surface area (Å²) in [5.41, 5.74) is 1.93. The second-order valence-electron chi connectivity index (χ2n) is 3.16. The van der Waals surface area contributed by atoms with E-state index in [2.05, 4.69) is 15.5 Å². The Morgan fingerprint density at radius 3 is 2.80 bits per heavy atom. The van der Waals surface area contributed by atoms with Gasteiger partial charge in [0.05, 0.1) is 5.56 Å². The lowest BCUT2D eigenvalue weighted by Crippen LogP contribution is -1.91. The normalized spacial score (nSPS) is 10.3. The highest BCUT2D eigenvalue weighted by molar-refractivity contribution is 5.71. The van der Waals surface area contributed by atoms with Gasteiger partial charge in [0.25, 0.3) is 5.89 Å². The van der Waals surface area contributed by atoms with Crippen LogP contribution in [0.5, 0.6) is 0 Å². The first kappa shape index (κ1) is 9.71. The number of nitrogens with zero attached hydrogens (tertiary/aromatic N) is 2. The van der Waals surface area contributed by atoms with Gasteiger partial charge in [-0.05, 0) is 12.1 Å². The molecule has 0 spiro atoms. The van der Waals surface area contributed by atoms with E-state index < -0.39 is 0 Å². The summed E-state index contributed by atoms with van der Waals surface area (Å²) >= 11 is 0. The number of aromatic nitrogens is 2. The standard InChI is InChI=1S/C11H13N3O/c1-3-10-13-11(15-14-10)8-6-4-5-7-9(8)12-2/h4-7,12H,3H2,1-2H3. The van der Waals surface area contributed by atoms with Gasteiger partial charge in [-0.15, -0.1) is 0 Å². The molecule has 1 aromatic heterocycles. The van der Waals surface area contributed by atoms with Crippen molar-refractivity contribution < 1.29 is 4.52 Å². The van der Waals surface area contributed by atoms with E-state index in [1.54, 1.807) is 0 Å². The first-order chi connectivity index (χ1) is 7.35. The van der Waals surface area contributed by atoms with E-state index in [0.717, 1.165) is 23.5 Å². The smallest absolute Gasteiger partial charge is 0.260 e. The van der Waals surface area contributed by atoms with E-state index >= 15 is 0 Å². The summed E-state index contributed by atoms with van der Waals surface area (Å²) in [5, 5.41) is 6.97. The van der Waals surface area contributed by atoms with Gasteiger partial charge in [0, 0.05) is 19.2 Å². The van der Waals surface area contributed by atoms with E-state index in [0.29, 0.717) is 5.89 Å². The van der Waals surface area contributed by atoms with Crippen molar-refractivity contribution in [2.45, 2.75) is 13.3 Å². The third kappa shape index (κ3) is 1.83. The Bertz CT molecular complexity index is 451. The molecule has 0 unspecified atom stereocenters. The fraction of sp³-hybridized carbons (Fsp3) is 0.273. The van der Waals surface area contributed by atoms with Crippen molar-refractivity contribution in [2.75, 3.05) is 12.4 Å². The Morgan fingerprint density at radius 1 is 1.33 bits per heavy atom. The van der Waals surface area contributed by atoms with Crippen LogP contribution < -0.4 is 5.32 Å². The van der Waals surface area contributed by atoms with Crippen LogP contribution in [-0.2, 0) is 6.42 Å². The van der Waals surface area contributed by atoms with E-state index in [1.807, 2.05) is 38.2 Å². The molecular weight excluding hydrogens is 190 g/mol. The van der Waals surface area contributed by atoms with Gasteiger partial charge in [-0.25, -0.2) is 0 Å². The van der Waals surface area contributed by atoms with E-state index in [9.17, 15) is 0 Å². The maximum absolute atomic E-state index is 5.18. The second-order valence-corrected chi connectivity index (χ2v) is 3.16. The number of nitrogens with one attached hydrogen (secondary N) is 1. The van der Waals surface area contributed by atoms with Crippen molar-refractivity contribution in [3.05, 3.63) is 30.1 Å². The first-order valence-corrected chi connectivity index (χ1v) is 4.95. The highest BCUT2D eigenvalue weighted by atomic mass is 16.5. The summed E-state index contributed by atoms with van der Waals surface area (Å²) in [6.45, 7) is 2.00. The fourth-order valence-corrected chi connectivity index (χ4v) is 1.39. The van der Waals surface area contributed by atoms with Gasteiger partial charge in [0.15, 0.2) is 5.82 Å². The van der Waals surface area contributed by atoms with Crippen molar-refractivity contribution in [3.8, 4) is 11.5 Å². The number of hydrogen-bond acceptors (Lipinski definition) is 4. The predicted octanol–water partition coefficient (Wildman–Crippen LogP) is 2.34. The van der Waals surface area contributed by atoms with E-state index in [-0.39, 0.29) is 0 Å². The molecule has 1 heterocycles. The van der Waals surface area contributed by atoms with Crippen LogP contribution in [0.25, 0.3) is 11.5 Å². The molecule has 0 radical (unpaired) electrons. The minimum absolute atomic E-state index is 0.566. The Balaban J connectivity index is 2.44. The quantitative estimate of drug-likeness (QED) is 0.831. The summed E-state index contributed by atoms with van der Waals surface area (Å²) in [4.78, 5) is 4.29. The maximum atomic E-state index is 5.18. The van der Waals surface area contributed by atoms with Crippen LogP contribution in [0.4, 0.5) is 5.69 Å². The Hall–Kier alpha value is -1.84. The number of rotatable bonds is 3. The van der Waals surface area contributed by atoms with Crippen LogP contribution in [-0.4, -0.2) is 17.2 Å². The number of benzene rings is 1. The highest BCUT2D eigenvalue weighted by Crippen LogP contribution is 2.25. The van der Waals surface area contributed by atoms with Crippen molar-refractivity contribution in [1.29, 1.82) is 0 Å². The predicted molar refractivity (Wildman–Crippen MR) is 58.7 cm³/mol. The van der Waals surface area contributed by atoms with Crippen molar-refractivity contribution in [1.82, 2.24) is 10.1 Å². The zero-order chi connectivity index (χ0) is 10.7. The number of aryl methyl sites for hydroxylation is 1. The summed E-state index contributed by atoms with van der Waals surface area (Å²) in [6.07, 6.45) is 0.783. The van der Waals surface area contributed by atoms with Crippen LogP contribution in [0.1, 0.15) is 12.7 Å². The Kier molecular flexibility index (Phi) is 2.67. The molecule has 0 aliphatic rings. The van der Waals surface area contributed by atoms with Gasteiger partial charge < -0.3 is 9.84 Å². The van der Waals surface area contributed by atoms with Gasteiger partial charge in [-0.1, -0.05) is 24.2 Å². The highest BCUT2D eigenvalue weighted by Gasteiger charge is 2.10. The molecule has 1 aromatic carbocycles. The lowest BCUT2D eigenvalue weighted by Gasteiger charge is -2.03. The molecular formula is C11H13N3O. The molecule has 0 bridgehead atoms. The van der Waals surface area contributed by atoms with E-state index in [1.165, 1.54) is 0 Å². The molecule has 4 heteroatoms. The number of para-hydroxylation sites is 1. The number of hydrogen-bond donors (Lipinski definition) is 1. The van der Waals surface area contributed by atoms with Crippen molar-refractivity contribution in [2.24, 2.45) is 0 Å². The van der Waals surface area contributed by atoms with Crippen LogP contribution in [0.2, 0.25) is 0 Å². The van der Waals surface area contributed by atoms with Crippen LogP contribution in [0.3, 0.4) is 0 Å². The molecule has 0 saturated heterocycles. The third-order valence-electron chi connectivity index (χ3n) is 2.21.